The van der Waals surface area contributed by atoms with Crippen LogP contribution in [-0.2, 0) is 14.8 Å². The van der Waals surface area contributed by atoms with Crippen molar-refractivity contribution < 1.29 is 17.9 Å². The zero-order valence-electron chi connectivity index (χ0n) is 15.0. The maximum absolute atomic E-state index is 12.8. The maximum Gasteiger partial charge on any atom is 0.323 e. The molecular formula is C18H24ClN3O4S. The molecule has 2 fully saturated rings. The summed E-state index contributed by atoms with van der Waals surface area (Å²) in [4.78, 5) is 12.3. The van der Waals surface area contributed by atoms with Crippen LogP contribution in [0.1, 0.15) is 32.1 Å². The Morgan fingerprint density at radius 2 is 1.85 bits per heavy atom. The molecule has 0 radical (unpaired) electrons. The fraction of sp³-hybridized carbons (Fsp3) is 0.500. The lowest BCUT2D eigenvalue weighted by Crippen LogP contribution is -2.40. The Balaban J connectivity index is 1.70. The van der Waals surface area contributed by atoms with Crippen molar-refractivity contribution >= 4 is 33.3 Å². The van der Waals surface area contributed by atoms with E-state index in [0.717, 1.165) is 25.7 Å². The number of sulfonamides is 1. The number of allylic oxidation sites excluding steroid dienone is 1. The molecule has 1 heterocycles. The van der Waals surface area contributed by atoms with Crippen molar-refractivity contribution in [3.05, 3.63) is 35.0 Å². The molecule has 2 amide bonds. The molecule has 0 aromatic heterocycles. The van der Waals surface area contributed by atoms with Crippen molar-refractivity contribution in [2.45, 2.75) is 37.0 Å². The molecule has 3 rings (SSSR count). The van der Waals surface area contributed by atoms with Crippen LogP contribution in [0.3, 0.4) is 0 Å². The summed E-state index contributed by atoms with van der Waals surface area (Å²) in [5.74, 6) is 0. The van der Waals surface area contributed by atoms with E-state index in [1.54, 1.807) is 6.20 Å². The maximum atomic E-state index is 12.8. The van der Waals surface area contributed by atoms with Gasteiger partial charge in [-0.3, -0.25) is 0 Å². The first-order valence-electron chi connectivity index (χ1n) is 9.10. The third kappa shape index (κ3) is 5.22. The molecule has 0 bridgehead atoms. The zero-order valence-corrected chi connectivity index (χ0v) is 16.6. The zero-order chi connectivity index (χ0) is 19.3. The second-order valence-corrected chi connectivity index (χ2v) is 8.96. The van der Waals surface area contributed by atoms with E-state index in [9.17, 15) is 13.2 Å². The number of morpholine rings is 1. The van der Waals surface area contributed by atoms with E-state index < -0.39 is 16.1 Å². The minimum absolute atomic E-state index is 0.0923. The van der Waals surface area contributed by atoms with Gasteiger partial charge in [-0.25, -0.2) is 13.2 Å². The van der Waals surface area contributed by atoms with Gasteiger partial charge in [0.2, 0.25) is 10.0 Å². The van der Waals surface area contributed by atoms with E-state index >= 15 is 0 Å². The number of carbonyl (C=O) groups excluding carboxylic acids is 1. The van der Waals surface area contributed by atoms with Gasteiger partial charge >= 0.3 is 6.03 Å². The summed E-state index contributed by atoms with van der Waals surface area (Å²) in [5, 5.41) is 5.61. The Bertz CT molecular complexity index is 812. The largest absolute Gasteiger partial charge is 0.379 e. The molecule has 2 N–H and O–H groups in total. The molecule has 9 heteroatoms. The minimum Gasteiger partial charge on any atom is -0.379 e. The van der Waals surface area contributed by atoms with Crippen LogP contribution in [0.5, 0.6) is 0 Å². The molecule has 1 aliphatic heterocycles. The molecule has 7 nitrogen and oxygen atoms in total. The highest BCUT2D eigenvalue weighted by Crippen LogP contribution is 2.27. The lowest BCUT2D eigenvalue weighted by atomic mass is 9.96. The van der Waals surface area contributed by atoms with Crippen molar-refractivity contribution in [1.82, 2.24) is 9.62 Å². The fourth-order valence-corrected chi connectivity index (χ4v) is 4.77. The lowest BCUT2D eigenvalue weighted by molar-refractivity contribution is 0.0730. The normalized spacial score (nSPS) is 18.8. The van der Waals surface area contributed by atoms with Crippen LogP contribution in [0, 0.1) is 0 Å². The SMILES string of the molecule is O=C(NC=C1CCCCC1)Nc1cc(S(=O)(=O)N2CCOCC2)ccc1Cl. The Morgan fingerprint density at radius 1 is 1.15 bits per heavy atom. The highest BCUT2D eigenvalue weighted by molar-refractivity contribution is 7.89. The molecule has 1 saturated heterocycles. The van der Waals surface area contributed by atoms with Gasteiger partial charge in [-0.1, -0.05) is 23.6 Å². The van der Waals surface area contributed by atoms with Gasteiger partial charge in [0.1, 0.15) is 0 Å². The monoisotopic (exact) mass is 413 g/mol. The van der Waals surface area contributed by atoms with Crippen LogP contribution in [0.25, 0.3) is 0 Å². The predicted molar refractivity (Wildman–Crippen MR) is 104 cm³/mol. The summed E-state index contributed by atoms with van der Waals surface area (Å²) in [7, 11) is -3.66. The van der Waals surface area contributed by atoms with Crippen LogP contribution >= 0.6 is 11.6 Å². The van der Waals surface area contributed by atoms with Crippen molar-refractivity contribution in [3.63, 3.8) is 0 Å². The number of nitrogens with zero attached hydrogens (tertiary/aromatic N) is 1. The van der Waals surface area contributed by atoms with Gasteiger partial charge in [0.05, 0.1) is 28.8 Å². The number of benzene rings is 1. The number of anilines is 1. The quantitative estimate of drug-likeness (QED) is 0.792. The first-order valence-corrected chi connectivity index (χ1v) is 10.9. The Labute approximate surface area is 164 Å². The number of nitrogens with one attached hydrogen (secondary N) is 2. The smallest absolute Gasteiger partial charge is 0.323 e. The van der Waals surface area contributed by atoms with E-state index in [0.29, 0.717) is 26.3 Å². The standard InChI is InChI=1S/C18H24ClN3O4S/c19-16-7-6-15(27(24,25)22-8-10-26-11-9-22)12-17(16)21-18(23)20-13-14-4-2-1-3-5-14/h6-7,12-13H,1-5,8-11H2,(H2,20,21,23). The summed E-state index contributed by atoms with van der Waals surface area (Å²) < 4.78 is 32.1. The summed E-state index contributed by atoms with van der Waals surface area (Å²) >= 11 is 6.14. The van der Waals surface area contributed by atoms with E-state index in [-0.39, 0.29) is 15.6 Å². The lowest BCUT2D eigenvalue weighted by Gasteiger charge is -2.26. The van der Waals surface area contributed by atoms with Gasteiger partial charge in [0.15, 0.2) is 0 Å². The van der Waals surface area contributed by atoms with Crippen LogP contribution in [0.15, 0.2) is 34.9 Å². The molecule has 0 atom stereocenters. The first kappa shape index (κ1) is 20.1. The first-order chi connectivity index (χ1) is 13.0. The van der Waals surface area contributed by atoms with E-state index in [4.69, 9.17) is 16.3 Å². The number of urea groups is 1. The van der Waals surface area contributed by atoms with E-state index in [1.807, 2.05) is 0 Å². The average molecular weight is 414 g/mol. The highest BCUT2D eigenvalue weighted by Gasteiger charge is 2.27. The second-order valence-electron chi connectivity index (χ2n) is 6.62. The minimum atomic E-state index is -3.66. The molecule has 0 unspecified atom stereocenters. The summed E-state index contributed by atoms with van der Waals surface area (Å²) in [6.45, 7) is 1.35. The van der Waals surface area contributed by atoms with Crippen LogP contribution in [0.2, 0.25) is 5.02 Å². The topological polar surface area (TPSA) is 87.7 Å². The Hall–Kier alpha value is -1.61. The Kier molecular flexibility index (Phi) is 6.75. The molecule has 148 valence electrons. The van der Waals surface area contributed by atoms with Gasteiger partial charge in [0.25, 0.3) is 0 Å². The van der Waals surface area contributed by atoms with Crippen molar-refractivity contribution in [1.29, 1.82) is 0 Å². The summed E-state index contributed by atoms with van der Waals surface area (Å²) in [6, 6.07) is 3.86. The number of ether oxygens (including phenoxy) is 1. The fourth-order valence-electron chi connectivity index (χ4n) is 3.17. The van der Waals surface area contributed by atoms with Gasteiger partial charge in [-0.15, -0.1) is 0 Å². The van der Waals surface area contributed by atoms with E-state index in [1.165, 1.54) is 34.5 Å². The number of amides is 2. The third-order valence-corrected chi connectivity index (χ3v) is 6.92. The molecule has 27 heavy (non-hydrogen) atoms. The van der Waals surface area contributed by atoms with Crippen LogP contribution < -0.4 is 10.6 Å². The highest BCUT2D eigenvalue weighted by atomic mass is 35.5. The summed E-state index contributed by atoms with van der Waals surface area (Å²) in [5.41, 5.74) is 1.47. The van der Waals surface area contributed by atoms with Gasteiger partial charge in [0, 0.05) is 19.3 Å². The van der Waals surface area contributed by atoms with Gasteiger partial charge < -0.3 is 15.4 Å². The Morgan fingerprint density at radius 3 is 2.56 bits per heavy atom. The average Bonchev–Trinajstić information content (AvgIpc) is 2.69. The van der Waals surface area contributed by atoms with Crippen LogP contribution in [-0.4, -0.2) is 45.1 Å². The summed E-state index contributed by atoms with van der Waals surface area (Å²) in [6.07, 6.45) is 7.23. The number of carbonyl (C=O) groups is 1. The van der Waals surface area contributed by atoms with Gasteiger partial charge in [-0.05, 0) is 43.9 Å². The van der Waals surface area contributed by atoms with Crippen molar-refractivity contribution in [3.8, 4) is 0 Å². The molecule has 1 aromatic carbocycles. The van der Waals surface area contributed by atoms with Crippen molar-refractivity contribution in [2.75, 3.05) is 31.6 Å². The molecule has 1 aromatic rings. The van der Waals surface area contributed by atoms with Gasteiger partial charge in [-0.2, -0.15) is 4.31 Å². The molecule has 1 aliphatic carbocycles. The molecular weight excluding hydrogens is 390 g/mol. The van der Waals surface area contributed by atoms with Crippen molar-refractivity contribution in [2.24, 2.45) is 0 Å². The van der Waals surface area contributed by atoms with Crippen LogP contribution in [0.4, 0.5) is 10.5 Å². The predicted octanol–water partition coefficient (Wildman–Crippen LogP) is 3.33. The molecule has 2 aliphatic rings. The molecule has 1 saturated carbocycles. The number of hydrogen-bond donors (Lipinski definition) is 2. The third-order valence-electron chi connectivity index (χ3n) is 4.70. The number of rotatable bonds is 4. The second kappa shape index (κ2) is 9.05. The molecule has 0 spiro atoms. The van der Waals surface area contributed by atoms with E-state index in [2.05, 4.69) is 10.6 Å². The number of halogens is 1. The number of hydrogen-bond acceptors (Lipinski definition) is 4.